The van der Waals surface area contributed by atoms with Gasteiger partial charge in [0.05, 0.1) is 38.3 Å². The van der Waals surface area contributed by atoms with Gasteiger partial charge in [0.15, 0.2) is 5.82 Å². The van der Waals surface area contributed by atoms with E-state index < -0.39 is 0 Å². The number of ether oxygens (including phenoxy) is 2. The molecule has 2 aliphatic heterocycles. The second-order valence-corrected chi connectivity index (χ2v) is 9.32. The highest BCUT2D eigenvalue weighted by atomic mass is 32.1. The fourth-order valence-corrected chi connectivity index (χ4v) is 5.18. The summed E-state index contributed by atoms with van der Waals surface area (Å²) in [6.45, 7) is 12.6. The van der Waals surface area contributed by atoms with Crippen molar-refractivity contribution >= 4 is 27.4 Å². The molecule has 3 aromatic heterocycles. The molecule has 2 aliphatic rings. The number of H-pyrrole nitrogens is 1. The summed E-state index contributed by atoms with van der Waals surface area (Å²) < 4.78 is 11.5. The molecular formula is C21H29N7O2S. The molecule has 31 heavy (non-hydrogen) atoms. The summed E-state index contributed by atoms with van der Waals surface area (Å²) in [6, 6.07) is 0. The normalized spacial score (nSPS) is 20.6. The predicted octanol–water partition coefficient (Wildman–Crippen LogP) is 2.40. The van der Waals surface area contributed by atoms with E-state index in [1.165, 1.54) is 10.4 Å². The van der Waals surface area contributed by atoms with E-state index >= 15 is 0 Å². The standard InChI is InChI=1S/C21H29N7O2S/c1-4-16-22-19(26-25-16)15-11-28(7-10-30-15)20-18-13(2)14(3)31-21(18)24-17(23-20)12-27-5-8-29-9-6-27/h15H,4-12H2,1-3H3,(H,22,25,26). The van der Waals surface area contributed by atoms with Gasteiger partial charge in [0.25, 0.3) is 0 Å². The Morgan fingerprint density at radius 3 is 2.71 bits per heavy atom. The zero-order valence-corrected chi connectivity index (χ0v) is 19.2. The van der Waals surface area contributed by atoms with E-state index in [4.69, 9.17) is 19.4 Å². The first kappa shape index (κ1) is 20.7. The molecule has 1 unspecified atom stereocenters. The van der Waals surface area contributed by atoms with Crippen LogP contribution in [0.25, 0.3) is 10.2 Å². The molecule has 166 valence electrons. The van der Waals surface area contributed by atoms with E-state index in [-0.39, 0.29) is 6.10 Å². The number of rotatable bonds is 5. The molecule has 0 spiro atoms. The Balaban J connectivity index is 1.47. The fourth-order valence-electron chi connectivity index (χ4n) is 4.14. The Labute approximate surface area is 185 Å². The highest BCUT2D eigenvalue weighted by Gasteiger charge is 2.29. The van der Waals surface area contributed by atoms with E-state index in [2.05, 4.69) is 45.8 Å². The monoisotopic (exact) mass is 443 g/mol. The highest BCUT2D eigenvalue weighted by molar-refractivity contribution is 7.18. The fraction of sp³-hybridized carbons (Fsp3) is 0.619. The van der Waals surface area contributed by atoms with E-state index in [0.29, 0.717) is 13.2 Å². The first-order valence-corrected chi connectivity index (χ1v) is 11.8. The molecule has 2 fully saturated rings. The maximum Gasteiger partial charge on any atom is 0.181 e. The molecule has 0 amide bonds. The number of fused-ring (bicyclic) bond motifs is 1. The topological polar surface area (TPSA) is 92.3 Å². The number of nitrogens with zero attached hydrogens (tertiary/aromatic N) is 6. The summed E-state index contributed by atoms with van der Waals surface area (Å²) in [6.07, 6.45) is 0.659. The van der Waals surface area contributed by atoms with Crippen molar-refractivity contribution in [3.8, 4) is 0 Å². The van der Waals surface area contributed by atoms with Gasteiger partial charge >= 0.3 is 0 Å². The predicted molar refractivity (Wildman–Crippen MR) is 120 cm³/mol. The lowest BCUT2D eigenvalue weighted by atomic mass is 10.1. The van der Waals surface area contributed by atoms with Crippen LogP contribution in [0.4, 0.5) is 5.82 Å². The third-order valence-electron chi connectivity index (χ3n) is 6.06. The Morgan fingerprint density at radius 2 is 1.94 bits per heavy atom. The molecule has 5 rings (SSSR count). The van der Waals surface area contributed by atoms with Crippen molar-refractivity contribution in [3.63, 3.8) is 0 Å². The summed E-state index contributed by atoms with van der Waals surface area (Å²) >= 11 is 1.75. The second kappa shape index (κ2) is 8.78. The molecule has 0 aromatic carbocycles. The van der Waals surface area contributed by atoms with Crippen LogP contribution in [0, 0.1) is 13.8 Å². The Kier molecular flexibility index (Phi) is 5.87. The lowest BCUT2D eigenvalue weighted by Gasteiger charge is -2.33. The zero-order valence-electron chi connectivity index (χ0n) is 18.3. The Bertz CT molecular complexity index is 1060. The van der Waals surface area contributed by atoms with Gasteiger partial charge in [0.1, 0.15) is 28.4 Å². The molecule has 2 saturated heterocycles. The van der Waals surface area contributed by atoms with Crippen LogP contribution in [0.1, 0.15) is 40.9 Å². The maximum atomic E-state index is 6.02. The molecule has 0 saturated carbocycles. The van der Waals surface area contributed by atoms with Crippen molar-refractivity contribution in [2.45, 2.75) is 39.8 Å². The van der Waals surface area contributed by atoms with Crippen LogP contribution in [0.2, 0.25) is 0 Å². The minimum absolute atomic E-state index is 0.168. The highest BCUT2D eigenvalue weighted by Crippen LogP contribution is 2.36. The van der Waals surface area contributed by atoms with Crippen LogP contribution in [-0.2, 0) is 22.4 Å². The number of nitrogens with one attached hydrogen (secondary N) is 1. The summed E-state index contributed by atoms with van der Waals surface area (Å²) in [5.74, 6) is 3.49. The van der Waals surface area contributed by atoms with Gasteiger partial charge in [-0.1, -0.05) is 6.92 Å². The van der Waals surface area contributed by atoms with Crippen molar-refractivity contribution in [2.24, 2.45) is 0 Å². The third kappa shape index (κ3) is 4.17. The SMILES string of the molecule is CCc1nc(C2CN(c3nc(CN4CCOCC4)nc4sc(C)c(C)c34)CCO2)n[nH]1. The van der Waals surface area contributed by atoms with Gasteiger partial charge in [-0.05, 0) is 19.4 Å². The third-order valence-corrected chi connectivity index (χ3v) is 7.16. The molecule has 5 heterocycles. The summed E-state index contributed by atoms with van der Waals surface area (Å²) in [5, 5.41) is 8.55. The Morgan fingerprint density at radius 1 is 1.10 bits per heavy atom. The van der Waals surface area contributed by atoms with Gasteiger partial charge in [-0.15, -0.1) is 11.3 Å². The van der Waals surface area contributed by atoms with Gasteiger partial charge in [0, 0.05) is 30.9 Å². The molecule has 3 aromatic rings. The average molecular weight is 444 g/mol. The number of hydrogen-bond donors (Lipinski definition) is 1. The summed E-state index contributed by atoms with van der Waals surface area (Å²) in [4.78, 5) is 21.7. The van der Waals surface area contributed by atoms with E-state index in [1.807, 2.05) is 0 Å². The first-order valence-electron chi connectivity index (χ1n) is 11.0. The zero-order chi connectivity index (χ0) is 21.4. The molecule has 9 nitrogen and oxygen atoms in total. The van der Waals surface area contributed by atoms with E-state index in [1.54, 1.807) is 11.3 Å². The van der Waals surface area contributed by atoms with Crippen LogP contribution in [0.15, 0.2) is 0 Å². The van der Waals surface area contributed by atoms with Crippen LogP contribution in [0.5, 0.6) is 0 Å². The van der Waals surface area contributed by atoms with Crippen molar-refractivity contribution in [3.05, 3.63) is 27.9 Å². The average Bonchev–Trinajstić information content (AvgIpc) is 3.39. The van der Waals surface area contributed by atoms with Gasteiger partial charge in [-0.25, -0.2) is 15.0 Å². The minimum Gasteiger partial charge on any atom is -0.379 e. The number of morpholine rings is 2. The van der Waals surface area contributed by atoms with Crippen LogP contribution in [-0.4, -0.2) is 76.0 Å². The summed E-state index contributed by atoms with van der Waals surface area (Å²) in [7, 11) is 0. The second-order valence-electron chi connectivity index (χ2n) is 8.11. The van der Waals surface area contributed by atoms with Crippen molar-refractivity contribution < 1.29 is 9.47 Å². The molecule has 0 radical (unpaired) electrons. The van der Waals surface area contributed by atoms with Crippen LogP contribution < -0.4 is 4.90 Å². The molecule has 1 N–H and O–H groups in total. The molecule has 1 atom stereocenters. The maximum absolute atomic E-state index is 6.02. The lowest BCUT2D eigenvalue weighted by Crippen LogP contribution is -2.40. The number of aryl methyl sites for hydroxylation is 3. The minimum atomic E-state index is -0.168. The smallest absolute Gasteiger partial charge is 0.181 e. The molecular weight excluding hydrogens is 414 g/mol. The van der Waals surface area contributed by atoms with E-state index in [0.717, 1.165) is 79.3 Å². The Hall–Kier alpha value is -2.14. The molecule has 0 bridgehead atoms. The first-order chi connectivity index (χ1) is 15.1. The quantitative estimate of drug-likeness (QED) is 0.643. The molecule has 10 heteroatoms. The van der Waals surface area contributed by atoms with Crippen molar-refractivity contribution in [2.75, 3.05) is 50.9 Å². The van der Waals surface area contributed by atoms with Gasteiger partial charge in [-0.3, -0.25) is 10.00 Å². The number of aromatic amines is 1. The van der Waals surface area contributed by atoms with Gasteiger partial charge in [0.2, 0.25) is 0 Å². The van der Waals surface area contributed by atoms with E-state index in [9.17, 15) is 0 Å². The number of aromatic nitrogens is 5. The number of thiophene rings is 1. The number of hydrogen-bond acceptors (Lipinski definition) is 9. The van der Waals surface area contributed by atoms with Gasteiger partial charge in [-0.2, -0.15) is 5.10 Å². The lowest BCUT2D eigenvalue weighted by molar-refractivity contribution is 0.0324. The summed E-state index contributed by atoms with van der Waals surface area (Å²) in [5.41, 5.74) is 1.27. The number of anilines is 1. The van der Waals surface area contributed by atoms with Crippen molar-refractivity contribution in [1.29, 1.82) is 0 Å². The van der Waals surface area contributed by atoms with Crippen LogP contribution >= 0.6 is 11.3 Å². The van der Waals surface area contributed by atoms with Crippen molar-refractivity contribution in [1.82, 2.24) is 30.0 Å². The molecule has 0 aliphatic carbocycles. The van der Waals surface area contributed by atoms with Crippen LogP contribution in [0.3, 0.4) is 0 Å². The van der Waals surface area contributed by atoms with Gasteiger partial charge < -0.3 is 14.4 Å². The largest absolute Gasteiger partial charge is 0.379 e.